The van der Waals surface area contributed by atoms with Crippen LogP contribution in [0.4, 0.5) is 27.8 Å². The lowest BCUT2D eigenvalue weighted by Crippen LogP contribution is -2.47. The van der Waals surface area contributed by atoms with E-state index in [-0.39, 0.29) is 5.82 Å². The Hall–Kier alpha value is -4.12. The van der Waals surface area contributed by atoms with E-state index in [1.54, 1.807) is 41.6 Å². The van der Waals surface area contributed by atoms with Crippen LogP contribution in [0.5, 0.6) is 0 Å². The molecule has 0 amide bonds. The van der Waals surface area contributed by atoms with Gasteiger partial charge in [-0.2, -0.15) is 10.1 Å². The summed E-state index contributed by atoms with van der Waals surface area (Å²) in [5.41, 5.74) is 8.14. The highest BCUT2D eigenvalue weighted by Crippen LogP contribution is 2.26. The van der Waals surface area contributed by atoms with E-state index in [1.165, 1.54) is 12.1 Å². The van der Waals surface area contributed by atoms with Gasteiger partial charge in [0.25, 0.3) is 0 Å². The van der Waals surface area contributed by atoms with Gasteiger partial charge in [0.15, 0.2) is 0 Å². The molecule has 35 heavy (non-hydrogen) atoms. The van der Waals surface area contributed by atoms with Crippen molar-refractivity contribution >= 4 is 23.4 Å². The summed E-state index contributed by atoms with van der Waals surface area (Å²) in [6.45, 7) is 4.83. The third kappa shape index (κ3) is 4.90. The van der Waals surface area contributed by atoms with E-state index in [2.05, 4.69) is 40.2 Å². The van der Waals surface area contributed by atoms with E-state index < -0.39 is 5.54 Å². The molecule has 5 rings (SSSR count). The summed E-state index contributed by atoms with van der Waals surface area (Å²) in [4.78, 5) is 22.5. The maximum Gasteiger partial charge on any atom is 0.227 e. The molecule has 4 aromatic rings. The predicted octanol–water partition coefficient (Wildman–Crippen LogP) is 2.43. The second kappa shape index (κ2) is 9.26. The Labute approximate surface area is 202 Å². The highest BCUT2D eigenvalue weighted by atomic mass is 19.1. The molecule has 11 heteroatoms. The van der Waals surface area contributed by atoms with Crippen molar-refractivity contribution in [2.45, 2.75) is 12.5 Å². The summed E-state index contributed by atoms with van der Waals surface area (Å²) >= 11 is 0. The van der Waals surface area contributed by atoms with Crippen LogP contribution in [0.15, 0.2) is 61.3 Å². The molecule has 180 valence electrons. The number of rotatable bonds is 6. The lowest BCUT2D eigenvalue weighted by Gasteiger charge is -2.35. The summed E-state index contributed by atoms with van der Waals surface area (Å²) in [6.07, 6.45) is 8.88. The Morgan fingerprint density at radius 1 is 0.886 bits per heavy atom. The van der Waals surface area contributed by atoms with Crippen LogP contribution in [-0.4, -0.2) is 55.9 Å². The largest absolute Gasteiger partial charge is 0.338 e. The smallest absolute Gasteiger partial charge is 0.227 e. The van der Waals surface area contributed by atoms with Gasteiger partial charge in [-0.05, 0) is 30.7 Å². The molecule has 1 unspecified atom stereocenters. The highest BCUT2D eigenvalue weighted by Gasteiger charge is 2.26. The average Bonchev–Trinajstić information content (AvgIpc) is 3.29. The number of halogens is 1. The van der Waals surface area contributed by atoms with E-state index in [4.69, 9.17) is 5.73 Å². The van der Waals surface area contributed by atoms with E-state index >= 15 is 0 Å². The number of aromatic nitrogens is 6. The molecule has 1 aromatic carbocycles. The van der Waals surface area contributed by atoms with Gasteiger partial charge in [0, 0.05) is 63.6 Å². The van der Waals surface area contributed by atoms with Gasteiger partial charge in [0.1, 0.15) is 11.6 Å². The fourth-order valence-corrected chi connectivity index (χ4v) is 4.03. The van der Waals surface area contributed by atoms with E-state index in [9.17, 15) is 4.39 Å². The van der Waals surface area contributed by atoms with Crippen molar-refractivity contribution in [2.24, 2.45) is 12.8 Å². The Balaban J connectivity index is 1.22. The van der Waals surface area contributed by atoms with Gasteiger partial charge in [0.2, 0.25) is 11.9 Å². The molecular formula is C24H27FN10. The maximum atomic E-state index is 13.3. The van der Waals surface area contributed by atoms with Gasteiger partial charge in [-0.25, -0.2) is 19.3 Å². The zero-order chi connectivity index (χ0) is 24.4. The molecule has 1 aliphatic rings. The van der Waals surface area contributed by atoms with E-state index in [1.807, 2.05) is 26.2 Å². The molecule has 0 bridgehead atoms. The number of nitrogens with zero attached hydrogens (tertiary/aromatic N) is 8. The number of anilines is 4. The average molecular weight is 475 g/mol. The van der Waals surface area contributed by atoms with Crippen molar-refractivity contribution < 1.29 is 4.39 Å². The standard InChI is InChI=1S/C24H27FN10/c1-24(26,17-3-5-19(25)6-4-17)18-13-28-22(29-14-18)34-9-11-35(12-10-34)23-27-8-7-21(32-23)31-20-15-30-33(2)16-20/h3-8,13-16H,9-12,26H2,1-2H3,(H,27,31,32). The minimum Gasteiger partial charge on any atom is -0.338 e. The van der Waals surface area contributed by atoms with Gasteiger partial charge < -0.3 is 20.9 Å². The number of benzene rings is 1. The normalized spacial score (nSPS) is 15.7. The topological polar surface area (TPSA) is 114 Å². The molecule has 4 heterocycles. The monoisotopic (exact) mass is 474 g/mol. The summed E-state index contributed by atoms with van der Waals surface area (Å²) in [5.74, 6) is 1.75. The van der Waals surface area contributed by atoms with E-state index in [0.29, 0.717) is 11.9 Å². The Morgan fingerprint density at radius 3 is 2.17 bits per heavy atom. The number of piperazine rings is 1. The summed E-state index contributed by atoms with van der Waals surface area (Å²) in [5, 5.41) is 7.41. The summed E-state index contributed by atoms with van der Waals surface area (Å²) in [6, 6.07) is 8.02. The first-order valence-electron chi connectivity index (χ1n) is 11.3. The van der Waals surface area contributed by atoms with Crippen molar-refractivity contribution in [3.63, 3.8) is 0 Å². The fraction of sp³-hybridized carbons (Fsp3) is 0.292. The minimum atomic E-state index is -0.822. The molecule has 0 spiro atoms. The van der Waals surface area contributed by atoms with Crippen LogP contribution in [0, 0.1) is 5.82 Å². The van der Waals surface area contributed by atoms with Crippen LogP contribution in [0.25, 0.3) is 0 Å². The molecule has 1 fully saturated rings. The van der Waals surface area contributed by atoms with Gasteiger partial charge in [0.05, 0.1) is 17.4 Å². The van der Waals surface area contributed by atoms with Gasteiger partial charge in [-0.15, -0.1) is 0 Å². The highest BCUT2D eigenvalue weighted by molar-refractivity contribution is 5.55. The molecule has 1 saturated heterocycles. The quantitative estimate of drug-likeness (QED) is 0.435. The van der Waals surface area contributed by atoms with Crippen molar-refractivity contribution in [3.05, 3.63) is 78.3 Å². The van der Waals surface area contributed by atoms with Crippen molar-refractivity contribution in [1.82, 2.24) is 29.7 Å². The summed E-state index contributed by atoms with van der Waals surface area (Å²) < 4.78 is 15.0. The molecule has 10 nitrogen and oxygen atoms in total. The van der Waals surface area contributed by atoms with Crippen LogP contribution in [0.1, 0.15) is 18.1 Å². The zero-order valence-corrected chi connectivity index (χ0v) is 19.6. The number of hydrogen-bond donors (Lipinski definition) is 2. The Morgan fingerprint density at radius 2 is 1.54 bits per heavy atom. The van der Waals surface area contributed by atoms with Crippen LogP contribution in [0.2, 0.25) is 0 Å². The molecule has 0 aliphatic carbocycles. The maximum absolute atomic E-state index is 13.3. The second-order valence-electron chi connectivity index (χ2n) is 8.72. The van der Waals surface area contributed by atoms with E-state index in [0.717, 1.165) is 48.8 Å². The first-order valence-corrected chi connectivity index (χ1v) is 11.3. The van der Waals surface area contributed by atoms with Crippen molar-refractivity contribution in [2.75, 3.05) is 41.3 Å². The van der Waals surface area contributed by atoms with Crippen LogP contribution in [-0.2, 0) is 12.6 Å². The minimum absolute atomic E-state index is 0.294. The Kier molecular flexibility index (Phi) is 6.00. The number of nitrogens with two attached hydrogens (primary N) is 1. The molecular weight excluding hydrogens is 447 g/mol. The van der Waals surface area contributed by atoms with Crippen LogP contribution in [0.3, 0.4) is 0 Å². The number of hydrogen-bond acceptors (Lipinski definition) is 9. The lowest BCUT2D eigenvalue weighted by molar-refractivity contribution is 0.585. The zero-order valence-electron chi connectivity index (χ0n) is 19.6. The van der Waals surface area contributed by atoms with Crippen molar-refractivity contribution in [3.8, 4) is 0 Å². The third-order valence-electron chi connectivity index (χ3n) is 6.15. The first-order chi connectivity index (χ1) is 16.9. The van der Waals surface area contributed by atoms with Crippen LogP contribution < -0.4 is 20.9 Å². The van der Waals surface area contributed by atoms with Crippen LogP contribution >= 0.6 is 0 Å². The molecule has 3 N–H and O–H groups in total. The first kappa shape index (κ1) is 22.7. The molecule has 1 aliphatic heterocycles. The van der Waals surface area contributed by atoms with Gasteiger partial charge >= 0.3 is 0 Å². The molecule has 0 saturated carbocycles. The number of nitrogens with one attached hydrogen (secondary N) is 1. The fourth-order valence-electron chi connectivity index (χ4n) is 4.03. The predicted molar refractivity (Wildman–Crippen MR) is 132 cm³/mol. The number of aryl methyl sites for hydroxylation is 1. The van der Waals surface area contributed by atoms with Gasteiger partial charge in [-0.3, -0.25) is 4.68 Å². The van der Waals surface area contributed by atoms with Gasteiger partial charge in [-0.1, -0.05) is 12.1 Å². The third-order valence-corrected chi connectivity index (χ3v) is 6.15. The molecule has 0 radical (unpaired) electrons. The second-order valence-corrected chi connectivity index (χ2v) is 8.72. The molecule has 3 aromatic heterocycles. The summed E-state index contributed by atoms with van der Waals surface area (Å²) in [7, 11) is 1.87. The van der Waals surface area contributed by atoms with Crippen molar-refractivity contribution in [1.29, 1.82) is 0 Å². The Bertz CT molecular complexity index is 1280. The molecule has 1 atom stereocenters. The SMILES string of the molecule is Cn1cc(Nc2ccnc(N3CCN(c4ncc(C(C)(N)c5ccc(F)cc5)cn4)CC3)n2)cn1. The lowest BCUT2D eigenvalue weighted by atomic mass is 9.87.